The van der Waals surface area contributed by atoms with Crippen LogP contribution in [0.15, 0.2) is 18.2 Å². The maximum Gasteiger partial charge on any atom is 0.230 e. The molecule has 0 radical (unpaired) electrons. The van der Waals surface area contributed by atoms with Gasteiger partial charge in [0.25, 0.3) is 0 Å². The SMILES string of the molecule is Cc1nc(Cl)nc(N2CC(Oc3ccc(Cl)cc3F)C2)n1. The van der Waals surface area contributed by atoms with E-state index >= 15 is 0 Å². The molecule has 0 amide bonds. The van der Waals surface area contributed by atoms with Crippen LogP contribution in [0.3, 0.4) is 0 Å². The van der Waals surface area contributed by atoms with E-state index in [0.717, 1.165) is 0 Å². The Morgan fingerprint density at radius 3 is 2.67 bits per heavy atom. The van der Waals surface area contributed by atoms with E-state index in [9.17, 15) is 4.39 Å². The Balaban J connectivity index is 1.63. The van der Waals surface area contributed by atoms with Crippen LogP contribution in [0.2, 0.25) is 10.3 Å². The van der Waals surface area contributed by atoms with Crippen LogP contribution in [-0.2, 0) is 0 Å². The Morgan fingerprint density at radius 2 is 2.00 bits per heavy atom. The minimum Gasteiger partial charge on any atom is -0.484 e. The quantitative estimate of drug-likeness (QED) is 0.867. The number of hydrogen-bond donors (Lipinski definition) is 0. The van der Waals surface area contributed by atoms with Crippen LogP contribution in [0.25, 0.3) is 0 Å². The van der Waals surface area contributed by atoms with Crippen molar-refractivity contribution in [3.8, 4) is 5.75 Å². The van der Waals surface area contributed by atoms with Crippen LogP contribution in [0.4, 0.5) is 10.3 Å². The van der Waals surface area contributed by atoms with Crippen LogP contribution in [0, 0.1) is 12.7 Å². The Labute approximate surface area is 130 Å². The predicted molar refractivity (Wildman–Crippen MR) is 77.6 cm³/mol. The smallest absolute Gasteiger partial charge is 0.230 e. The molecular weight excluding hydrogens is 318 g/mol. The lowest BCUT2D eigenvalue weighted by Crippen LogP contribution is -2.54. The van der Waals surface area contributed by atoms with Crippen LogP contribution in [-0.4, -0.2) is 34.1 Å². The summed E-state index contributed by atoms with van der Waals surface area (Å²) in [6.07, 6.45) is -0.128. The van der Waals surface area contributed by atoms with Gasteiger partial charge in [-0.15, -0.1) is 0 Å². The maximum atomic E-state index is 13.6. The first kappa shape index (κ1) is 14.3. The molecule has 0 saturated carbocycles. The highest BCUT2D eigenvalue weighted by Crippen LogP contribution is 2.26. The molecule has 0 spiro atoms. The summed E-state index contributed by atoms with van der Waals surface area (Å²) in [5.41, 5.74) is 0. The first-order valence-corrected chi connectivity index (χ1v) is 7.01. The Morgan fingerprint density at radius 1 is 1.24 bits per heavy atom. The third-order valence-corrected chi connectivity index (χ3v) is 3.43. The molecular formula is C13H11Cl2FN4O. The number of benzene rings is 1. The van der Waals surface area contributed by atoms with Gasteiger partial charge in [-0.1, -0.05) is 11.6 Å². The van der Waals surface area contributed by atoms with Crippen molar-refractivity contribution >= 4 is 29.2 Å². The number of aryl methyl sites for hydroxylation is 1. The average molecular weight is 329 g/mol. The van der Waals surface area contributed by atoms with Gasteiger partial charge in [0.1, 0.15) is 11.9 Å². The summed E-state index contributed by atoms with van der Waals surface area (Å²) in [5.74, 6) is 0.774. The second-order valence-corrected chi connectivity index (χ2v) is 5.45. The van der Waals surface area contributed by atoms with E-state index < -0.39 is 5.82 Å². The summed E-state index contributed by atoms with van der Waals surface area (Å²) in [7, 11) is 0. The Hall–Kier alpha value is -1.66. The van der Waals surface area contributed by atoms with Gasteiger partial charge in [0.05, 0.1) is 13.1 Å². The summed E-state index contributed by atoms with van der Waals surface area (Å²) in [5, 5.41) is 0.496. The third-order valence-electron chi connectivity index (χ3n) is 3.03. The predicted octanol–water partition coefficient (Wildman–Crippen LogP) is 2.89. The van der Waals surface area contributed by atoms with Crippen molar-refractivity contribution in [2.45, 2.75) is 13.0 Å². The molecule has 1 aliphatic rings. The van der Waals surface area contributed by atoms with Crippen LogP contribution in [0.5, 0.6) is 5.75 Å². The molecule has 1 fully saturated rings. The zero-order chi connectivity index (χ0) is 15.0. The van der Waals surface area contributed by atoms with Gasteiger partial charge in [0, 0.05) is 5.02 Å². The number of hydrogen-bond acceptors (Lipinski definition) is 5. The minimum atomic E-state index is -0.472. The van der Waals surface area contributed by atoms with Gasteiger partial charge in [-0.05, 0) is 36.7 Å². The van der Waals surface area contributed by atoms with Crippen molar-refractivity contribution in [1.29, 1.82) is 0 Å². The maximum absolute atomic E-state index is 13.6. The highest BCUT2D eigenvalue weighted by atomic mass is 35.5. The van der Waals surface area contributed by atoms with Crippen molar-refractivity contribution in [3.05, 3.63) is 40.1 Å². The molecule has 0 N–H and O–H groups in total. The fraction of sp³-hybridized carbons (Fsp3) is 0.308. The first-order chi connectivity index (χ1) is 10.0. The summed E-state index contributed by atoms with van der Waals surface area (Å²) < 4.78 is 19.2. The number of aromatic nitrogens is 3. The van der Waals surface area contributed by atoms with Crippen molar-refractivity contribution in [2.75, 3.05) is 18.0 Å². The van der Waals surface area contributed by atoms with Gasteiger partial charge >= 0.3 is 0 Å². The molecule has 21 heavy (non-hydrogen) atoms. The topological polar surface area (TPSA) is 51.1 Å². The molecule has 0 aliphatic carbocycles. The van der Waals surface area contributed by atoms with Gasteiger partial charge in [0.15, 0.2) is 11.6 Å². The number of rotatable bonds is 3. The Bertz CT molecular complexity index is 659. The number of ether oxygens (including phenoxy) is 1. The van der Waals surface area contributed by atoms with Gasteiger partial charge < -0.3 is 9.64 Å². The second kappa shape index (κ2) is 5.61. The van der Waals surface area contributed by atoms with Crippen LogP contribution in [0.1, 0.15) is 5.82 Å². The number of nitrogens with zero attached hydrogens (tertiary/aromatic N) is 4. The molecule has 5 nitrogen and oxygen atoms in total. The summed E-state index contributed by atoms with van der Waals surface area (Å²) >= 11 is 11.5. The molecule has 2 heterocycles. The highest BCUT2D eigenvalue weighted by Gasteiger charge is 2.31. The van der Waals surface area contributed by atoms with E-state index in [1.165, 1.54) is 12.1 Å². The lowest BCUT2D eigenvalue weighted by atomic mass is 10.2. The molecule has 1 aromatic carbocycles. The van der Waals surface area contributed by atoms with Crippen LogP contribution >= 0.6 is 23.2 Å². The molecule has 1 saturated heterocycles. The van der Waals surface area contributed by atoms with Gasteiger partial charge in [-0.3, -0.25) is 0 Å². The Kier molecular flexibility index (Phi) is 3.82. The van der Waals surface area contributed by atoms with Gasteiger partial charge in [0.2, 0.25) is 11.2 Å². The largest absolute Gasteiger partial charge is 0.484 e. The average Bonchev–Trinajstić information content (AvgIpc) is 2.34. The second-order valence-electron chi connectivity index (χ2n) is 4.67. The molecule has 1 aromatic heterocycles. The third kappa shape index (κ3) is 3.16. The molecule has 2 aromatic rings. The van der Waals surface area contributed by atoms with Gasteiger partial charge in [-0.2, -0.15) is 9.97 Å². The lowest BCUT2D eigenvalue weighted by Gasteiger charge is -2.38. The normalized spacial score (nSPS) is 15.0. The zero-order valence-corrected chi connectivity index (χ0v) is 12.6. The molecule has 0 bridgehead atoms. The zero-order valence-electron chi connectivity index (χ0n) is 11.1. The summed E-state index contributed by atoms with van der Waals surface area (Å²) in [6, 6.07) is 4.33. The fourth-order valence-electron chi connectivity index (χ4n) is 2.00. The van der Waals surface area contributed by atoms with Crippen LogP contribution < -0.4 is 9.64 Å². The van der Waals surface area contributed by atoms with Crippen molar-refractivity contribution in [2.24, 2.45) is 0 Å². The standard InChI is InChI=1S/C13H11Cl2FN4O/c1-7-17-12(15)19-13(18-7)20-5-9(6-20)21-11-3-2-8(14)4-10(11)16/h2-4,9H,5-6H2,1H3. The number of halogens is 3. The van der Waals surface area contributed by atoms with Crippen molar-refractivity contribution in [1.82, 2.24) is 15.0 Å². The minimum absolute atomic E-state index is 0.128. The van der Waals surface area contributed by atoms with Crippen molar-refractivity contribution < 1.29 is 9.13 Å². The molecule has 8 heteroatoms. The molecule has 1 aliphatic heterocycles. The van der Waals surface area contributed by atoms with E-state index in [-0.39, 0.29) is 17.1 Å². The van der Waals surface area contributed by atoms with Gasteiger partial charge in [-0.25, -0.2) is 9.37 Å². The highest BCUT2D eigenvalue weighted by molar-refractivity contribution is 6.30. The van der Waals surface area contributed by atoms with E-state index in [2.05, 4.69) is 15.0 Å². The summed E-state index contributed by atoms with van der Waals surface area (Å²) in [4.78, 5) is 14.0. The molecule has 0 unspecified atom stereocenters. The first-order valence-electron chi connectivity index (χ1n) is 6.26. The molecule has 3 rings (SSSR count). The monoisotopic (exact) mass is 328 g/mol. The van der Waals surface area contributed by atoms with Crippen molar-refractivity contribution in [3.63, 3.8) is 0 Å². The lowest BCUT2D eigenvalue weighted by molar-refractivity contribution is 0.159. The fourth-order valence-corrected chi connectivity index (χ4v) is 2.36. The van der Waals surface area contributed by atoms with E-state index in [1.807, 2.05) is 4.90 Å². The molecule has 110 valence electrons. The van der Waals surface area contributed by atoms with E-state index in [4.69, 9.17) is 27.9 Å². The molecule has 0 atom stereocenters. The van der Waals surface area contributed by atoms with E-state index in [0.29, 0.717) is 29.9 Å². The number of anilines is 1. The van der Waals surface area contributed by atoms with E-state index in [1.54, 1.807) is 13.0 Å². The summed E-state index contributed by atoms with van der Waals surface area (Å²) in [6.45, 7) is 2.86.